The monoisotopic (exact) mass is 554 g/mol. The number of aryl methyl sites for hydroxylation is 1. The summed E-state index contributed by atoms with van der Waals surface area (Å²) in [5.74, 6) is -2.25. The molecule has 0 amide bonds. The molecule has 0 radical (unpaired) electrons. The number of alkyl halides is 3. The fraction of sp³-hybridized carbons (Fsp3) is 0.724. The molecule has 1 aromatic rings. The molecule has 38 heavy (non-hydrogen) atoms. The highest BCUT2D eigenvalue weighted by atomic mass is 28.4. The summed E-state index contributed by atoms with van der Waals surface area (Å²) in [5, 5.41) is -0.150. The predicted molar refractivity (Wildman–Crippen MR) is 140 cm³/mol. The molecule has 0 saturated heterocycles. The van der Waals surface area contributed by atoms with E-state index in [0.29, 0.717) is 25.0 Å². The number of carbonyl (C=O) groups excluding carboxylic acids is 2. The number of esters is 2. The van der Waals surface area contributed by atoms with Gasteiger partial charge in [0.1, 0.15) is 11.9 Å². The first-order valence-corrected chi connectivity index (χ1v) is 16.6. The van der Waals surface area contributed by atoms with Crippen molar-refractivity contribution in [2.45, 2.75) is 103 Å². The van der Waals surface area contributed by atoms with Crippen molar-refractivity contribution < 1.29 is 36.7 Å². The van der Waals surface area contributed by atoms with Gasteiger partial charge in [-0.25, -0.2) is 0 Å². The summed E-state index contributed by atoms with van der Waals surface area (Å²) in [7, 11) is -2.33. The lowest BCUT2D eigenvalue weighted by atomic mass is 9.53. The normalized spacial score (nSPS) is 31.2. The van der Waals surface area contributed by atoms with Crippen molar-refractivity contribution in [3.63, 3.8) is 0 Å². The van der Waals surface area contributed by atoms with E-state index < -0.39 is 49.8 Å². The van der Waals surface area contributed by atoms with Crippen LogP contribution in [-0.2, 0) is 25.2 Å². The van der Waals surface area contributed by atoms with Crippen LogP contribution in [0.15, 0.2) is 18.2 Å². The number of benzene rings is 1. The summed E-state index contributed by atoms with van der Waals surface area (Å²) in [5.41, 5.74) is 0.140. The van der Waals surface area contributed by atoms with Crippen LogP contribution in [0.1, 0.15) is 77.3 Å². The van der Waals surface area contributed by atoms with Crippen LogP contribution in [0.4, 0.5) is 13.2 Å². The molecule has 3 aliphatic rings. The minimum Gasteiger partial charge on any atom is -0.462 e. The highest BCUT2D eigenvalue weighted by Crippen LogP contribution is 2.69. The highest BCUT2D eigenvalue weighted by molar-refractivity contribution is 6.74. The van der Waals surface area contributed by atoms with Gasteiger partial charge in [0.25, 0.3) is 0 Å². The van der Waals surface area contributed by atoms with Crippen molar-refractivity contribution in [3.05, 3.63) is 29.3 Å². The van der Waals surface area contributed by atoms with Gasteiger partial charge in [-0.3, -0.25) is 9.59 Å². The van der Waals surface area contributed by atoms with Gasteiger partial charge in [0.15, 0.2) is 8.32 Å². The number of carbonyl (C=O) groups is 2. The third-order valence-electron chi connectivity index (χ3n) is 9.96. The molecule has 212 valence electrons. The Morgan fingerprint density at radius 2 is 1.76 bits per heavy atom. The Bertz CT molecular complexity index is 1080. The molecule has 2 saturated carbocycles. The summed E-state index contributed by atoms with van der Waals surface area (Å²) in [6, 6.07) is 5.51. The van der Waals surface area contributed by atoms with Gasteiger partial charge < -0.3 is 13.9 Å². The molecule has 2 fully saturated rings. The number of ether oxygens (including phenoxy) is 2. The lowest BCUT2D eigenvalue weighted by Gasteiger charge is -2.53. The summed E-state index contributed by atoms with van der Waals surface area (Å²) in [6.45, 7) is 12.8. The molecule has 0 aromatic heterocycles. The molecule has 0 unspecified atom stereocenters. The van der Waals surface area contributed by atoms with Gasteiger partial charge in [-0.1, -0.05) is 26.8 Å². The molecule has 0 heterocycles. The summed E-state index contributed by atoms with van der Waals surface area (Å²) in [6.07, 6.45) is -3.44. The Hall–Kier alpha value is -1.87. The van der Waals surface area contributed by atoms with Crippen LogP contribution in [0.2, 0.25) is 18.1 Å². The Kier molecular flexibility index (Phi) is 7.62. The molecular formula is C29H41F3O5Si. The number of rotatable bonds is 5. The lowest BCUT2D eigenvalue weighted by Crippen LogP contribution is -2.55. The summed E-state index contributed by atoms with van der Waals surface area (Å²) < 4.78 is 63.2. The van der Waals surface area contributed by atoms with E-state index in [2.05, 4.69) is 20.8 Å². The summed E-state index contributed by atoms with van der Waals surface area (Å²) >= 11 is 0. The minimum absolute atomic E-state index is 0.0105. The first-order chi connectivity index (χ1) is 17.5. The maximum atomic E-state index is 15.3. The second-order valence-electron chi connectivity index (χ2n) is 13.0. The van der Waals surface area contributed by atoms with Crippen molar-refractivity contribution >= 4 is 20.3 Å². The van der Waals surface area contributed by atoms with Crippen molar-refractivity contribution in [3.8, 4) is 5.75 Å². The molecule has 6 atom stereocenters. The molecule has 0 N–H and O–H groups in total. The van der Waals surface area contributed by atoms with Crippen molar-refractivity contribution in [2.75, 3.05) is 6.61 Å². The fourth-order valence-electron chi connectivity index (χ4n) is 7.22. The molecule has 9 heteroatoms. The van der Waals surface area contributed by atoms with E-state index in [4.69, 9.17) is 13.9 Å². The van der Waals surface area contributed by atoms with E-state index in [1.165, 1.54) is 13.8 Å². The van der Waals surface area contributed by atoms with Gasteiger partial charge in [-0.15, -0.1) is 0 Å². The quantitative estimate of drug-likeness (QED) is 0.219. The summed E-state index contributed by atoms with van der Waals surface area (Å²) in [4.78, 5) is 23.4. The molecular weight excluding hydrogens is 513 g/mol. The smallest absolute Gasteiger partial charge is 0.395 e. The zero-order chi connectivity index (χ0) is 28.3. The molecule has 0 spiro atoms. The standard InChI is InChI=1S/C29H41F3O5Si/c1-17(33)36-20-9-11-21-19(14-20)8-10-23-22(21)12-13-28(29(30,31)32)24(23)15-26(37-18(2)34)25(28)16-35-38(6,7)27(3,4)5/h9,11,14,22-26H,8,10,12-13,15-16H2,1-7H3/t22-,23-,24+,25-,26-,28-/m1/s1. The van der Waals surface area contributed by atoms with Crippen LogP contribution >= 0.6 is 0 Å². The molecule has 1 aromatic carbocycles. The average molecular weight is 555 g/mol. The van der Waals surface area contributed by atoms with Gasteiger partial charge in [0, 0.05) is 26.4 Å². The van der Waals surface area contributed by atoms with Gasteiger partial charge in [-0.2, -0.15) is 13.2 Å². The molecule has 3 aliphatic carbocycles. The van der Waals surface area contributed by atoms with Crippen molar-refractivity contribution in [1.82, 2.24) is 0 Å². The second kappa shape index (κ2) is 9.95. The van der Waals surface area contributed by atoms with Gasteiger partial charge >= 0.3 is 18.1 Å². The van der Waals surface area contributed by atoms with Gasteiger partial charge in [0.2, 0.25) is 0 Å². The highest BCUT2D eigenvalue weighted by Gasteiger charge is 2.72. The van der Waals surface area contributed by atoms with E-state index in [0.717, 1.165) is 11.1 Å². The molecule has 5 nitrogen and oxygen atoms in total. The van der Waals surface area contributed by atoms with Crippen LogP contribution in [0.25, 0.3) is 0 Å². The zero-order valence-corrected chi connectivity index (χ0v) is 24.5. The van der Waals surface area contributed by atoms with Crippen molar-refractivity contribution in [2.24, 2.45) is 23.2 Å². The van der Waals surface area contributed by atoms with E-state index in [-0.39, 0.29) is 36.3 Å². The Morgan fingerprint density at radius 3 is 2.34 bits per heavy atom. The maximum absolute atomic E-state index is 15.3. The average Bonchev–Trinajstić information content (AvgIpc) is 3.09. The van der Waals surface area contributed by atoms with Crippen LogP contribution in [-0.4, -0.2) is 39.1 Å². The second-order valence-corrected chi connectivity index (χ2v) is 17.8. The maximum Gasteiger partial charge on any atom is 0.395 e. The number of hydrogen-bond acceptors (Lipinski definition) is 5. The molecule has 0 aliphatic heterocycles. The zero-order valence-electron chi connectivity index (χ0n) is 23.5. The topological polar surface area (TPSA) is 61.8 Å². The SMILES string of the molecule is CC(=O)Oc1ccc2c(c1)CC[C@@H]1[C@@H]2CC[C@]2(C(F)(F)F)[C@H](CO[Si](C)(C)C(C)(C)C)[C@H](OC(C)=O)C[C@@H]12. The van der Waals surface area contributed by atoms with Crippen molar-refractivity contribution in [1.29, 1.82) is 0 Å². The Morgan fingerprint density at radius 1 is 1.08 bits per heavy atom. The van der Waals surface area contributed by atoms with Crippen LogP contribution in [0, 0.1) is 23.2 Å². The molecule has 4 rings (SSSR count). The van der Waals surface area contributed by atoms with Crippen LogP contribution in [0.3, 0.4) is 0 Å². The Balaban J connectivity index is 1.70. The number of fused-ring (bicyclic) bond motifs is 5. The van der Waals surface area contributed by atoms with Gasteiger partial charge in [-0.05, 0) is 91.2 Å². The number of halogens is 3. The van der Waals surface area contributed by atoms with E-state index in [1.807, 2.05) is 25.2 Å². The lowest BCUT2D eigenvalue weighted by molar-refractivity contribution is -0.275. The first-order valence-electron chi connectivity index (χ1n) is 13.7. The fourth-order valence-corrected chi connectivity index (χ4v) is 8.25. The number of hydrogen-bond donors (Lipinski definition) is 0. The van der Waals surface area contributed by atoms with Crippen LogP contribution < -0.4 is 4.74 Å². The molecule has 0 bridgehead atoms. The van der Waals surface area contributed by atoms with Gasteiger partial charge in [0.05, 0.1) is 5.41 Å². The van der Waals surface area contributed by atoms with E-state index in [9.17, 15) is 9.59 Å². The van der Waals surface area contributed by atoms with E-state index in [1.54, 1.807) is 6.07 Å². The van der Waals surface area contributed by atoms with Crippen LogP contribution in [0.5, 0.6) is 5.75 Å². The largest absolute Gasteiger partial charge is 0.462 e. The van der Waals surface area contributed by atoms with E-state index >= 15 is 13.2 Å². The minimum atomic E-state index is -4.45. The predicted octanol–water partition coefficient (Wildman–Crippen LogP) is 7.19. The third kappa shape index (κ3) is 5.05. The Labute approximate surface area is 224 Å². The first kappa shape index (κ1) is 29.1. The third-order valence-corrected chi connectivity index (χ3v) is 14.5.